The van der Waals surface area contributed by atoms with Gasteiger partial charge in [0.2, 0.25) is 5.89 Å². The summed E-state index contributed by atoms with van der Waals surface area (Å²) in [6.45, 7) is 9.49. The molecule has 1 saturated carbocycles. The molecular formula is C36H41N5O2. The van der Waals surface area contributed by atoms with Crippen LogP contribution in [0.2, 0.25) is 0 Å². The molecule has 2 saturated heterocycles. The summed E-state index contributed by atoms with van der Waals surface area (Å²) in [6.07, 6.45) is 6.38. The van der Waals surface area contributed by atoms with Crippen molar-refractivity contribution >= 4 is 16.8 Å². The molecule has 2 N–H and O–H groups in total. The van der Waals surface area contributed by atoms with E-state index < -0.39 is 0 Å². The highest BCUT2D eigenvalue weighted by atomic mass is 16.3. The summed E-state index contributed by atoms with van der Waals surface area (Å²) in [6, 6.07) is 20.4. The molecule has 2 aliphatic heterocycles. The largest absolute Gasteiger partial charge is 0.435 e. The smallest absolute Gasteiger partial charge is 0.227 e. The monoisotopic (exact) mass is 575 g/mol. The summed E-state index contributed by atoms with van der Waals surface area (Å²) in [5.74, 6) is 0.562. The number of likely N-dealkylation sites (tertiary alicyclic amines) is 1. The van der Waals surface area contributed by atoms with Gasteiger partial charge in [0.05, 0.1) is 11.7 Å². The first-order valence-corrected chi connectivity index (χ1v) is 15.9. The topological polar surface area (TPSA) is 88.6 Å². The normalized spacial score (nSPS) is 21.3. The number of nitrogens with one attached hydrogen (secondary N) is 1. The van der Waals surface area contributed by atoms with Gasteiger partial charge >= 0.3 is 0 Å². The van der Waals surface area contributed by atoms with E-state index in [1.807, 2.05) is 6.07 Å². The predicted octanol–water partition coefficient (Wildman–Crippen LogP) is 6.33. The summed E-state index contributed by atoms with van der Waals surface area (Å²) in [7, 11) is 0. The number of aromatic nitrogens is 1. The second-order valence-electron chi connectivity index (χ2n) is 12.8. The predicted molar refractivity (Wildman–Crippen MR) is 171 cm³/mol. The molecule has 0 amide bonds. The highest BCUT2D eigenvalue weighted by molar-refractivity contribution is 5.85. The molecule has 0 radical (unpaired) electrons. The molecule has 3 heterocycles. The van der Waals surface area contributed by atoms with Crippen molar-refractivity contribution in [3.05, 3.63) is 70.8 Å². The average molecular weight is 576 g/mol. The molecule has 7 rings (SSSR count). The van der Waals surface area contributed by atoms with Gasteiger partial charge in [0.15, 0.2) is 5.58 Å². The first kappa shape index (κ1) is 28.1. The lowest BCUT2D eigenvalue weighted by atomic mass is 9.88. The van der Waals surface area contributed by atoms with Crippen molar-refractivity contribution in [2.24, 2.45) is 0 Å². The second kappa shape index (κ2) is 11.8. The zero-order chi connectivity index (χ0) is 29.5. The molecule has 0 atom stereocenters. The molecule has 1 aliphatic carbocycles. The van der Waals surface area contributed by atoms with Gasteiger partial charge in [-0.15, -0.1) is 0 Å². The Morgan fingerprint density at radius 3 is 2.35 bits per heavy atom. The summed E-state index contributed by atoms with van der Waals surface area (Å²) >= 11 is 0. The van der Waals surface area contributed by atoms with Crippen LogP contribution in [-0.2, 0) is 6.54 Å². The number of fused-ring (bicyclic) bond motifs is 1. The fraction of sp³-hybridized carbons (Fsp3) is 0.444. The number of rotatable bonds is 7. The van der Waals surface area contributed by atoms with Crippen molar-refractivity contribution in [2.45, 2.75) is 77.1 Å². The summed E-state index contributed by atoms with van der Waals surface area (Å²) < 4.78 is 6.30. The van der Waals surface area contributed by atoms with E-state index in [2.05, 4.69) is 77.5 Å². The summed E-state index contributed by atoms with van der Waals surface area (Å²) in [5, 5.41) is 23.3. The Hall–Kier alpha value is -3.70. The molecule has 1 aromatic heterocycles. The van der Waals surface area contributed by atoms with Crippen LogP contribution in [0, 0.1) is 25.2 Å². The van der Waals surface area contributed by atoms with Gasteiger partial charge in [-0.3, -0.25) is 4.90 Å². The molecular weight excluding hydrogens is 534 g/mol. The third-order valence-corrected chi connectivity index (χ3v) is 9.85. The molecule has 0 bridgehead atoms. The molecule has 3 aliphatic rings. The first-order valence-electron chi connectivity index (χ1n) is 15.9. The number of benzene rings is 3. The molecule has 3 aromatic carbocycles. The van der Waals surface area contributed by atoms with Crippen molar-refractivity contribution in [3.8, 4) is 28.7 Å². The Kier molecular flexibility index (Phi) is 7.69. The van der Waals surface area contributed by atoms with Gasteiger partial charge in [0.1, 0.15) is 11.6 Å². The minimum atomic E-state index is -0.111. The van der Waals surface area contributed by atoms with Crippen molar-refractivity contribution in [1.29, 1.82) is 5.26 Å². The van der Waals surface area contributed by atoms with E-state index in [0.29, 0.717) is 29.1 Å². The standard InChI is InChI=1S/C36H41N5O2/c1-23-30(31-8-6-10-34(24(31)2)41-15-11-27(12-16-41)38-28-19-29(42)20-28)7-5-9-32(23)36-39-33-18-25(22-40-13-3-4-14-40)17-26(21-37)35(33)43-36/h5-10,17-18,27-29,38,42H,3-4,11-16,19-20,22H2,1-2H3. The molecule has 0 spiro atoms. The fourth-order valence-corrected chi connectivity index (χ4v) is 7.34. The van der Waals surface area contributed by atoms with E-state index in [4.69, 9.17) is 9.40 Å². The van der Waals surface area contributed by atoms with E-state index in [9.17, 15) is 10.4 Å². The first-order chi connectivity index (χ1) is 21.0. The van der Waals surface area contributed by atoms with Gasteiger partial charge in [-0.25, -0.2) is 4.98 Å². The number of hydrogen-bond acceptors (Lipinski definition) is 7. The van der Waals surface area contributed by atoms with E-state index >= 15 is 0 Å². The molecule has 7 nitrogen and oxygen atoms in total. The third kappa shape index (κ3) is 5.56. The van der Waals surface area contributed by atoms with Crippen molar-refractivity contribution in [2.75, 3.05) is 31.1 Å². The summed E-state index contributed by atoms with van der Waals surface area (Å²) in [5.41, 5.74) is 10.0. The van der Waals surface area contributed by atoms with Crippen molar-refractivity contribution in [3.63, 3.8) is 0 Å². The highest BCUT2D eigenvalue weighted by Crippen LogP contribution is 2.38. The molecule has 7 heteroatoms. The molecule has 222 valence electrons. The van der Waals surface area contributed by atoms with Gasteiger partial charge in [0, 0.05) is 43.0 Å². The molecule has 0 unspecified atom stereocenters. The Morgan fingerprint density at radius 2 is 1.63 bits per heavy atom. The minimum absolute atomic E-state index is 0.111. The molecule has 4 aromatic rings. The van der Waals surface area contributed by atoms with Crippen LogP contribution >= 0.6 is 0 Å². The lowest BCUT2D eigenvalue weighted by Crippen LogP contribution is -2.52. The van der Waals surface area contributed by atoms with Crippen LogP contribution in [0.4, 0.5) is 5.69 Å². The second-order valence-corrected chi connectivity index (χ2v) is 12.8. The number of aliphatic hydroxyl groups is 1. The highest BCUT2D eigenvalue weighted by Gasteiger charge is 2.30. The maximum atomic E-state index is 9.92. The molecule has 43 heavy (non-hydrogen) atoms. The number of hydrogen-bond donors (Lipinski definition) is 2. The van der Waals surface area contributed by atoms with Crippen LogP contribution < -0.4 is 10.2 Å². The van der Waals surface area contributed by atoms with Crippen molar-refractivity contribution in [1.82, 2.24) is 15.2 Å². The Labute approximate surface area is 254 Å². The third-order valence-electron chi connectivity index (χ3n) is 9.85. The maximum Gasteiger partial charge on any atom is 0.227 e. The Balaban J connectivity index is 1.14. The average Bonchev–Trinajstić information content (AvgIpc) is 3.67. The van der Waals surface area contributed by atoms with E-state index in [1.165, 1.54) is 35.2 Å². The zero-order valence-corrected chi connectivity index (χ0v) is 25.3. The van der Waals surface area contributed by atoms with Crippen LogP contribution in [-0.4, -0.2) is 59.4 Å². The Morgan fingerprint density at radius 1 is 0.930 bits per heavy atom. The number of nitrogens with zero attached hydrogens (tertiary/aromatic N) is 4. The van der Waals surface area contributed by atoms with Gasteiger partial charge in [-0.05, 0) is 118 Å². The fourth-order valence-electron chi connectivity index (χ4n) is 7.34. The van der Waals surface area contributed by atoms with Gasteiger partial charge < -0.3 is 19.7 Å². The van der Waals surface area contributed by atoms with Crippen LogP contribution in [0.3, 0.4) is 0 Å². The number of nitriles is 1. The van der Waals surface area contributed by atoms with E-state index in [1.54, 1.807) is 0 Å². The van der Waals surface area contributed by atoms with Crippen LogP contribution in [0.1, 0.15) is 60.8 Å². The maximum absolute atomic E-state index is 9.92. The van der Waals surface area contributed by atoms with Crippen LogP contribution in [0.5, 0.6) is 0 Å². The summed E-state index contributed by atoms with van der Waals surface area (Å²) in [4.78, 5) is 9.88. The van der Waals surface area contributed by atoms with Crippen LogP contribution in [0.15, 0.2) is 52.9 Å². The Bertz CT molecular complexity index is 1670. The minimum Gasteiger partial charge on any atom is -0.435 e. The lowest BCUT2D eigenvalue weighted by molar-refractivity contribution is 0.0562. The van der Waals surface area contributed by atoms with E-state index in [-0.39, 0.29) is 6.10 Å². The lowest BCUT2D eigenvalue weighted by Gasteiger charge is -2.40. The van der Waals surface area contributed by atoms with Gasteiger partial charge in [-0.2, -0.15) is 5.26 Å². The SMILES string of the molecule is Cc1c(-c2nc3cc(CN4CCCC4)cc(C#N)c3o2)cccc1-c1cccc(N2CCC(NC3CC(O)C3)CC2)c1C. The number of piperidine rings is 1. The number of anilines is 1. The zero-order valence-electron chi connectivity index (χ0n) is 25.3. The van der Waals surface area contributed by atoms with Crippen molar-refractivity contribution < 1.29 is 9.52 Å². The van der Waals surface area contributed by atoms with Gasteiger partial charge in [-0.1, -0.05) is 24.3 Å². The van der Waals surface area contributed by atoms with Crippen LogP contribution in [0.25, 0.3) is 33.7 Å². The number of aliphatic hydroxyl groups excluding tert-OH is 1. The number of oxazole rings is 1. The quantitative estimate of drug-likeness (QED) is 0.266. The van der Waals surface area contributed by atoms with Gasteiger partial charge in [0.25, 0.3) is 0 Å². The molecule has 3 fully saturated rings. The van der Waals surface area contributed by atoms with E-state index in [0.717, 1.165) is 80.6 Å².